The second-order valence-corrected chi connectivity index (χ2v) is 7.30. The number of rotatable bonds is 6. The zero-order chi connectivity index (χ0) is 13.9. The van der Waals surface area contributed by atoms with Gasteiger partial charge in [-0.3, -0.25) is 0 Å². The summed E-state index contributed by atoms with van der Waals surface area (Å²) in [6.07, 6.45) is 1.91. The van der Waals surface area contributed by atoms with Crippen LogP contribution in [0.25, 0.3) is 4.96 Å². The van der Waals surface area contributed by atoms with E-state index in [2.05, 4.69) is 25.6 Å². The Hall–Kier alpha value is -1.23. The molecule has 1 N–H and O–H groups in total. The van der Waals surface area contributed by atoms with Crippen LogP contribution in [-0.2, 0) is 4.74 Å². The van der Waals surface area contributed by atoms with Crippen molar-refractivity contribution in [3.8, 4) is 0 Å². The molecule has 0 saturated carbocycles. The molecule has 3 heterocycles. The number of nitrogens with one attached hydrogen (secondary N) is 1. The SMILES string of the molecule is COCCNc1nnc(Sc2nn3cc(C)nc3s2)s1. The van der Waals surface area contributed by atoms with Gasteiger partial charge in [0.2, 0.25) is 10.1 Å². The maximum Gasteiger partial charge on any atom is 0.213 e. The quantitative estimate of drug-likeness (QED) is 0.695. The van der Waals surface area contributed by atoms with E-state index in [1.54, 1.807) is 23.0 Å². The molecule has 3 aromatic rings. The van der Waals surface area contributed by atoms with E-state index in [0.717, 1.165) is 31.0 Å². The van der Waals surface area contributed by atoms with Gasteiger partial charge < -0.3 is 10.1 Å². The Morgan fingerprint density at radius 1 is 1.35 bits per heavy atom. The van der Waals surface area contributed by atoms with Gasteiger partial charge in [0, 0.05) is 13.7 Å². The molecule has 0 aromatic carbocycles. The van der Waals surface area contributed by atoms with Gasteiger partial charge >= 0.3 is 0 Å². The summed E-state index contributed by atoms with van der Waals surface area (Å²) in [5, 5.41) is 16.6. The standard InChI is InChI=1S/C10H12N6OS3/c1-6-5-16-8(12-6)19-10(15-16)20-9-14-13-7(18-9)11-3-4-17-2/h5H,3-4H2,1-2H3,(H,11,13). The maximum atomic E-state index is 4.97. The lowest BCUT2D eigenvalue weighted by molar-refractivity contribution is 0.211. The largest absolute Gasteiger partial charge is 0.383 e. The summed E-state index contributed by atoms with van der Waals surface area (Å²) in [7, 11) is 1.67. The zero-order valence-electron chi connectivity index (χ0n) is 10.9. The number of hydrogen-bond acceptors (Lipinski definition) is 9. The number of methoxy groups -OCH3 is 1. The number of nitrogens with zero attached hydrogens (tertiary/aromatic N) is 5. The molecule has 0 saturated heterocycles. The van der Waals surface area contributed by atoms with Gasteiger partial charge in [0.05, 0.1) is 18.5 Å². The van der Waals surface area contributed by atoms with Crippen LogP contribution in [0.2, 0.25) is 0 Å². The Kier molecular flexibility index (Phi) is 4.15. The van der Waals surface area contributed by atoms with Gasteiger partial charge in [-0.15, -0.1) is 15.3 Å². The molecule has 10 heteroatoms. The van der Waals surface area contributed by atoms with Crippen LogP contribution < -0.4 is 5.32 Å². The summed E-state index contributed by atoms with van der Waals surface area (Å²) in [4.78, 5) is 5.27. The van der Waals surface area contributed by atoms with Crippen LogP contribution in [-0.4, -0.2) is 45.1 Å². The molecule has 3 aromatic heterocycles. The Morgan fingerprint density at radius 2 is 2.25 bits per heavy atom. The number of aryl methyl sites for hydroxylation is 1. The van der Waals surface area contributed by atoms with Crippen molar-refractivity contribution in [3.05, 3.63) is 11.9 Å². The van der Waals surface area contributed by atoms with Gasteiger partial charge in [0.25, 0.3) is 0 Å². The predicted octanol–water partition coefficient (Wildman–Crippen LogP) is 2.16. The molecule has 106 valence electrons. The lowest BCUT2D eigenvalue weighted by Crippen LogP contribution is -2.06. The molecule has 0 aliphatic heterocycles. The van der Waals surface area contributed by atoms with Gasteiger partial charge in [-0.25, -0.2) is 9.50 Å². The highest BCUT2D eigenvalue weighted by Crippen LogP contribution is 2.34. The highest BCUT2D eigenvalue weighted by molar-refractivity contribution is 8.02. The van der Waals surface area contributed by atoms with Crippen molar-refractivity contribution < 1.29 is 4.74 Å². The van der Waals surface area contributed by atoms with E-state index < -0.39 is 0 Å². The van der Waals surface area contributed by atoms with Gasteiger partial charge in [-0.1, -0.05) is 22.7 Å². The number of fused-ring (bicyclic) bond motifs is 1. The third kappa shape index (κ3) is 3.08. The fourth-order valence-electron chi connectivity index (χ4n) is 1.49. The number of ether oxygens (including phenoxy) is 1. The molecule has 0 atom stereocenters. The predicted molar refractivity (Wildman–Crippen MR) is 80.0 cm³/mol. The van der Waals surface area contributed by atoms with Crippen molar-refractivity contribution in [3.63, 3.8) is 0 Å². The van der Waals surface area contributed by atoms with Gasteiger partial charge in [-0.2, -0.15) is 0 Å². The maximum absolute atomic E-state index is 4.97. The Bertz CT molecular complexity index is 673. The summed E-state index contributed by atoms with van der Waals surface area (Å²) in [5.41, 5.74) is 0.973. The number of imidazole rings is 1. The molecule has 0 aliphatic rings. The van der Waals surface area contributed by atoms with E-state index in [1.807, 2.05) is 13.1 Å². The fraction of sp³-hybridized carbons (Fsp3) is 0.400. The molecule has 0 spiro atoms. The average Bonchev–Trinajstić information content (AvgIpc) is 3.05. The van der Waals surface area contributed by atoms with E-state index in [9.17, 15) is 0 Å². The molecular weight excluding hydrogens is 316 g/mol. The summed E-state index contributed by atoms with van der Waals surface area (Å²) in [6, 6.07) is 0. The van der Waals surface area contributed by atoms with Crippen molar-refractivity contribution in [2.45, 2.75) is 15.6 Å². The molecule has 20 heavy (non-hydrogen) atoms. The normalized spacial score (nSPS) is 11.3. The second kappa shape index (κ2) is 6.04. The summed E-state index contributed by atoms with van der Waals surface area (Å²) in [5.74, 6) is 0. The fourth-order valence-corrected chi connectivity index (χ4v) is 4.44. The summed E-state index contributed by atoms with van der Waals surface area (Å²) >= 11 is 4.55. The Morgan fingerprint density at radius 3 is 3.05 bits per heavy atom. The van der Waals surface area contributed by atoms with E-state index in [-0.39, 0.29) is 0 Å². The van der Waals surface area contributed by atoms with Crippen molar-refractivity contribution in [2.75, 3.05) is 25.6 Å². The van der Waals surface area contributed by atoms with Crippen LogP contribution in [0.5, 0.6) is 0 Å². The highest BCUT2D eigenvalue weighted by Gasteiger charge is 2.11. The lowest BCUT2D eigenvalue weighted by atomic mass is 10.6. The smallest absolute Gasteiger partial charge is 0.213 e. The molecule has 0 radical (unpaired) electrons. The minimum atomic E-state index is 0.644. The first-order chi connectivity index (χ1) is 9.74. The van der Waals surface area contributed by atoms with Gasteiger partial charge in [0.1, 0.15) is 0 Å². The third-order valence-electron chi connectivity index (χ3n) is 2.31. The van der Waals surface area contributed by atoms with Crippen LogP contribution in [0.4, 0.5) is 5.13 Å². The van der Waals surface area contributed by atoms with Crippen LogP contribution in [0.1, 0.15) is 5.69 Å². The van der Waals surface area contributed by atoms with Gasteiger partial charge in [-0.05, 0) is 18.7 Å². The van der Waals surface area contributed by atoms with Crippen LogP contribution in [0, 0.1) is 6.92 Å². The molecule has 0 unspecified atom stereocenters. The monoisotopic (exact) mass is 328 g/mol. The Labute approximate surface area is 127 Å². The molecular formula is C10H12N6OS3. The third-order valence-corrected chi connectivity index (χ3v) is 5.21. The first kappa shape index (κ1) is 13.7. The van der Waals surface area contributed by atoms with Crippen molar-refractivity contribution >= 4 is 44.5 Å². The topological polar surface area (TPSA) is 77.2 Å². The first-order valence-corrected chi connectivity index (χ1v) is 8.26. The molecule has 0 aliphatic carbocycles. The van der Waals surface area contributed by atoms with Crippen molar-refractivity contribution in [2.24, 2.45) is 0 Å². The lowest BCUT2D eigenvalue weighted by Gasteiger charge is -1.98. The number of hydrogen-bond donors (Lipinski definition) is 1. The van der Waals surface area contributed by atoms with Crippen molar-refractivity contribution in [1.82, 2.24) is 24.8 Å². The van der Waals surface area contributed by atoms with E-state index >= 15 is 0 Å². The average molecular weight is 328 g/mol. The second-order valence-electron chi connectivity index (χ2n) is 3.87. The zero-order valence-corrected chi connectivity index (χ0v) is 13.3. The van der Waals surface area contributed by atoms with E-state index in [0.29, 0.717) is 6.61 Å². The first-order valence-electron chi connectivity index (χ1n) is 5.81. The Balaban J connectivity index is 1.66. The molecule has 7 nitrogen and oxygen atoms in total. The summed E-state index contributed by atoms with van der Waals surface area (Å²) < 4.78 is 8.53. The highest BCUT2D eigenvalue weighted by atomic mass is 32.2. The van der Waals surface area contributed by atoms with E-state index in [1.165, 1.54) is 23.1 Å². The minimum absolute atomic E-state index is 0.644. The van der Waals surface area contributed by atoms with Gasteiger partial charge in [0.15, 0.2) is 8.68 Å². The number of aromatic nitrogens is 5. The van der Waals surface area contributed by atoms with Crippen LogP contribution >= 0.6 is 34.4 Å². The summed E-state index contributed by atoms with van der Waals surface area (Å²) in [6.45, 7) is 3.32. The van der Waals surface area contributed by atoms with Crippen molar-refractivity contribution in [1.29, 1.82) is 0 Å². The minimum Gasteiger partial charge on any atom is -0.383 e. The van der Waals surface area contributed by atoms with Crippen LogP contribution in [0.3, 0.4) is 0 Å². The molecule has 0 amide bonds. The molecule has 0 fully saturated rings. The molecule has 3 rings (SSSR count). The number of anilines is 1. The van der Waals surface area contributed by atoms with E-state index in [4.69, 9.17) is 4.74 Å². The van der Waals surface area contributed by atoms with Crippen LogP contribution in [0.15, 0.2) is 14.9 Å². The molecule has 0 bridgehead atoms.